The fraction of sp³-hybridized carbons (Fsp3) is 0.500. The molecule has 0 saturated heterocycles. The predicted octanol–water partition coefficient (Wildman–Crippen LogP) is 2.60. The summed E-state index contributed by atoms with van der Waals surface area (Å²) in [6.45, 7) is 0. The van der Waals surface area contributed by atoms with Crippen molar-refractivity contribution in [3.05, 3.63) is 22.7 Å². The summed E-state index contributed by atoms with van der Waals surface area (Å²) in [5.41, 5.74) is 1.67. The van der Waals surface area contributed by atoms with Gasteiger partial charge < -0.3 is 0 Å². The van der Waals surface area contributed by atoms with Crippen LogP contribution in [-0.2, 0) is 12.8 Å². The Morgan fingerprint density at radius 3 is 3.00 bits per heavy atom. The lowest BCUT2D eigenvalue weighted by Crippen LogP contribution is -1.96. The second-order valence-electron chi connectivity index (χ2n) is 2.69. The van der Waals surface area contributed by atoms with E-state index in [4.69, 9.17) is 0 Å². The molecule has 1 aromatic rings. The highest BCUT2D eigenvalue weighted by molar-refractivity contribution is 7.30. The molecule has 0 radical (unpaired) electrons. The van der Waals surface area contributed by atoms with E-state index in [0.29, 0.717) is 0 Å². The van der Waals surface area contributed by atoms with Gasteiger partial charge in [0.1, 0.15) is 0 Å². The van der Waals surface area contributed by atoms with Crippen LogP contribution in [0.3, 0.4) is 0 Å². The Labute approximate surface area is 57.4 Å². The van der Waals surface area contributed by atoms with Crippen LogP contribution in [0.1, 0.15) is 23.7 Å². The molecule has 1 unspecified atom stereocenters. The van der Waals surface area contributed by atoms with E-state index in [1.165, 1.54) is 25.7 Å². The molecule has 0 aromatic carbocycles. The molecule has 0 spiro atoms. The van der Waals surface area contributed by atoms with Gasteiger partial charge in [0.15, 0.2) is 0 Å². The molecule has 0 fully saturated rings. The molecule has 9 heavy (non-hydrogen) atoms. The van der Waals surface area contributed by atoms with Crippen molar-refractivity contribution in [3.8, 4) is 0 Å². The Morgan fingerprint density at radius 1 is 1.22 bits per heavy atom. The van der Waals surface area contributed by atoms with Crippen LogP contribution < -0.4 is 0 Å². The van der Waals surface area contributed by atoms with E-state index < -0.39 is 0 Å². The van der Waals surface area contributed by atoms with Crippen molar-refractivity contribution in [2.45, 2.75) is 25.7 Å². The van der Waals surface area contributed by atoms with Gasteiger partial charge in [0, 0.05) is 0 Å². The normalized spacial score (nSPS) is 18.2. The molecule has 1 aliphatic carbocycles. The van der Waals surface area contributed by atoms with Gasteiger partial charge in [-0.2, -0.15) is 0 Å². The summed E-state index contributed by atoms with van der Waals surface area (Å²) < 4.78 is 0. The molecule has 48 valence electrons. The monoisotopic (exact) mass is 138 g/mol. The van der Waals surface area contributed by atoms with Gasteiger partial charge in [-0.1, -0.05) is 6.07 Å². The highest BCUT2D eigenvalue weighted by Crippen LogP contribution is 2.28. The molecule has 0 N–H and O–H groups in total. The fourth-order valence-electron chi connectivity index (χ4n) is 1.52. The van der Waals surface area contributed by atoms with Crippen LogP contribution in [0.5, 0.6) is 0 Å². The Balaban J connectivity index is 2.39. The van der Waals surface area contributed by atoms with Crippen LogP contribution >= 0.6 is 8.19 Å². The molecule has 1 heteroatoms. The highest BCUT2D eigenvalue weighted by Gasteiger charge is 2.07. The van der Waals surface area contributed by atoms with Gasteiger partial charge in [0.2, 0.25) is 0 Å². The van der Waals surface area contributed by atoms with Crippen LogP contribution in [-0.4, -0.2) is 0 Å². The van der Waals surface area contributed by atoms with Crippen LogP contribution in [0.4, 0.5) is 0 Å². The first-order valence-corrected chi connectivity index (χ1v) is 4.70. The minimum absolute atomic E-state index is 1.04. The number of aryl methyl sites for hydroxylation is 2. The van der Waals surface area contributed by atoms with E-state index in [1.54, 1.807) is 10.9 Å². The lowest BCUT2D eigenvalue weighted by Gasteiger charge is -2.09. The SMILES string of the molecule is c1cc2c([pH]1)CCCC2. The molecule has 1 aromatic heterocycles. The summed E-state index contributed by atoms with van der Waals surface area (Å²) in [4.78, 5) is 0. The maximum atomic E-state index is 2.33. The third-order valence-electron chi connectivity index (χ3n) is 2.05. The maximum Gasteiger partial charge on any atom is -0.0241 e. The fourth-order valence-corrected chi connectivity index (χ4v) is 2.72. The van der Waals surface area contributed by atoms with Gasteiger partial charge in [0.05, 0.1) is 0 Å². The van der Waals surface area contributed by atoms with Gasteiger partial charge in [-0.15, -0.1) is 8.19 Å². The number of fused-ring (bicyclic) bond motifs is 1. The predicted molar refractivity (Wildman–Crippen MR) is 42.6 cm³/mol. The van der Waals surface area contributed by atoms with E-state index in [2.05, 4.69) is 11.9 Å². The number of hydrogen-bond acceptors (Lipinski definition) is 0. The van der Waals surface area contributed by atoms with Crippen molar-refractivity contribution in [3.63, 3.8) is 0 Å². The topological polar surface area (TPSA) is 0 Å². The summed E-state index contributed by atoms with van der Waals surface area (Å²) in [6, 6.07) is 2.33. The van der Waals surface area contributed by atoms with Crippen molar-refractivity contribution in [1.82, 2.24) is 0 Å². The van der Waals surface area contributed by atoms with Gasteiger partial charge in [-0.05, 0) is 42.3 Å². The Bertz CT molecular complexity index is 180. The van der Waals surface area contributed by atoms with Gasteiger partial charge in [0.25, 0.3) is 0 Å². The van der Waals surface area contributed by atoms with Crippen LogP contribution in [0.2, 0.25) is 0 Å². The van der Waals surface area contributed by atoms with E-state index in [9.17, 15) is 0 Å². The van der Waals surface area contributed by atoms with Crippen molar-refractivity contribution in [1.29, 1.82) is 0 Å². The molecule has 1 atom stereocenters. The van der Waals surface area contributed by atoms with Crippen LogP contribution in [0.15, 0.2) is 11.9 Å². The minimum atomic E-state index is 1.04. The third-order valence-corrected chi connectivity index (χ3v) is 3.31. The minimum Gasteiger partial charge on any atom is -0.136 e. The third kappa shape index (κ3) is 0.923. The zero-order chi connectivity index (χ0) is 6.10. The molecule has 1 aliphatic rings. The molecule has 0 nitrogen and oxygen atoms in total. The average molecular weight is 138 g/mol. The standard InChI is InChI=1S/C8H11P/c1-2-4-8-7(3-1)5-6-9-8/h5-6,9H,1-4H2. The lowest BCUT2D eigenvalue weighted by molar-refractivity contribution is 0.697. The molecular formula is C8H11P. The Hall–Kier alpha value is -0.220. The van der Waals surface area contributed by atoms with Crippen molar-refractivity contribution >= 4 is 8.19 Å². The molecule has 0 amide bonds. The summed E-state index contributed by atoms with van der Waals surface area (Å²) in [5, 5.41) is 1.75. The van der Waals surface area contributed by atoms with Crippen molar-refractivity contribution < 1.29 is 0 Å². The van der Waals surface area contributed by atoms with Crippen molar-refractivity contribution in [2.75, 3.05) is 0 Å². The summed E-state index contributed by atoms with van der Waals surface area (Å²) >= 11 is 0. The van der Waals surface area contributed by atoms with Gasteiger partial charge in [-0.3, -0.25) is 0 Å². The largest absolute Gasteiger partial charge is 0.136 e. The first-order chi connectivity index (χ1) is 4.47. The summed E-state index contributed by atoms with van der Waals surface area (Å²) in [6.07, 6.45) is 5.61. The first kappa shape index (κ1) is 5.56. The molecule has 0 bridgehead atoms. The first-order valence-electron chi connectivity index (χ1n) is 3.62. The van der Waals surface area contributed by atoms with Crippen LogP contribution in [0, 0.1) is 0 Å². The molecule has 0 saturated carbocycles. The van der Waals surface area contributed by atoms with Gasteiger partial charge >= 0.3 is 0 Å². The molecule has 0 aliphatic heterocycles. The quantitative estimate of drug-likeness (QED) is 0.517. The average Bonchev–Trinajstić information content (AvgIpc) is 2.33. The van der Waals surface area contributed by atoms with Crippen molar-refractivity contribution in [2.24, 2.45) is 0 Å². The van der Waals surface area contributed by atoms with Crippen LogP contribution in [0.25, 0.3) is 0 Å². The zero-order valence-electron chi connectivity index (χ0n) is 5.48. The maximum absolute atomic E-state index is 2.33. The van der Waals surface area contributed by atoms with E-state index in [-0.39, 0.29) is 0 Å². The number of hydrogen-bond donors (Lipinski definition) is 0. The molecule has 1 heterocycles. The van der Waals surface area contributed by atoms with E-state index in [1.807, 2.05) is 0 Å². The Morgan fingerprint density at radius 2 is 2.11 bits per heavy atom. The number of rotatable bonds is 0. The lowest BCUT2D eigenvalue weighted by atomic mass is 10.00. The summed E-state index contributed by atoms with van der Waals surface area (Å²) in [7, 11) is 1.04. The highest BCUT2D eigenvalue weighted by atomic mass is 31.0. The second kappa shape index (κ2) is 2.19. The zero-order valence-corrected chi connectivity index (χ0v) is 6.48. The second-order valence-corrected chi connectivity index (χ2v) is 3.91. The Kier molecular flexibility index (Phi) is 1.35. The van der Waals surface area contributed by atoms with E-state index >= 15 is 0 Å². The molecule has 2 rings (SSSR count). The van der Waals surface area contributed by atoms with E-state index in [0.717, 1.165) is 8.19 Å². The molecular weight excluding hydrogens is 127 g/mol. The van der Waals surface area contributed by atoms with Gasteiger partial charge in [-0.25, -0.2) is 0 Å². The summed E-state index contributed by atoms with van der Waals surface area (Å²) in [5.74, 6) is 2.33. The smallest absolute Gasteiger partial charge is 0.0241 e.